The number of likely N-dealkylation sites (N-methyl/N-ethyl adjacent to an activating group) is 1. The lowest BCUT2D eigenvalue weighted by molar-refractivity contribution is -0.139. The molecule has 0 radical (unpaired) electrons. The van der Waals surface area contributed by atoms with Gasteiger partial charge in [-0.15, -0.1) is 0 Å². The highest BCUT2D eigenvalue weighted by molar-refractivity contribution is 5.94. The lowest BCUT2D eigenvalue weighted by atomic mass is 10.2. The maximum atomic E-state index is 12.4. The first-order valence-electron chi connectivity index (χ1n) is 7.01. The minimum Gasteiger partial charge on any atom is -0.482 e. The van der Waals surface area contributed by atoms with Gasteiger partial charge in [-0.25, -0.2) is 4.79 Å². The van der Waals surface area contributed by atoms with Crippen LogP contribution in [0.25, 0.3) is 0 Å². The molecule has 0 aliphatic rings. The third kappa shape index (κ3) is 5.06. The number of carbonyl (C=O) groups is 2. The number of aliphatic carboxylic acids is 1. The number of hydrogen-bond acceptors (Lipinski definition) is 5. The fourth-order valence-corrected chi connectivity index (χ4v) is 1.93. The van der Waals surface area contributed by atoms with Gasteiger partial charge in [0.05, 0.1) is 5.69 Å². The number of carboxylic acid groups (broad SMARTS) is 1. The molecule has 1 heterocycles. The van der Waals surface area contributed by atoms with Crippen LogP contribution in [-0.4, -0.2) is 52.1 Å². The summed E-state index contributed by atoms with van der Waals surface area (Å²) in [7, 11) is 1.70. The van der Waals surface area contributed by atoms with Gasteiger partial charge in [0, 0.05) is 44.2 Å². The number of ether oxygens (including phenoxy) is 1. The van der Waals surface area contributed by atoms with Gasteiger partial charge in [0.25, 0.3) is 5.91 Å². The molecule has 0 unspecified atom stereocenters. The van der Waals surface area contributed by atoms with E-state index >= 15 is 0 Å². The Morgan fingerprint density at radius 1 is 1.30 bits per heavy atom. The number of aromatic nitrogens is 2. The van der Waals surface area contributed by atoms with Gasteiger partial charge in [0.1, 0.15) is 5.75 Å². The van der Waals surface area contributed by atoms with Crippen molar-refractivity contribution in [2.45, 2.75) is 6.42 Å². The zero-order valence-corrected chi connectivity index (χ0v) is 12.7. The van der Waals surface area contributed by atoms with Crippen LogP contribution in [0.2, 0.25) is 0 Å². The smallest absolute Gasteiger partial charge is 0.341 e. The molecular weight excluding hydrogens is 298 g/mol. The summed E-state index contributed by atoms with van der Waals surface area (Å²) < 4.78 is 5.08. The molecule has 120 valence electrons. The Morgan fingerprint density at radius 2 is 2.13 bits per heavy atom. The molecular formula is C16H17N3O4. The fraction of sp³-hybridized carbons (Fsp3) is 0.250. The molecule has 7 nitrogen and oxygen atoms in total. The predicted molar refractivity (Wildman–Crippen MR) is 82.3 cm³/mol. The monoisotopic (exact) mass is 315 g/mol. The Labute approximate surface area is 133 Å². The largest absolute Gasteiger partial charge is 0.482 e. The van der Waals surface area contributed by atoms with Crippen LogP contribution in [0.15, 0.2) is 42.9 Å². The SMILES string of the molecule is CN(CCc1cnccn1)C(=O)c1cccc(OCC(=O)O)c1. The first-order chi connectivity index (χ1) is 11.1. The van der Waals surface area contributed by atoms with E-state index in [1.807, 2.05) is 0 Å². The van der Waals surface area contributed by atoms with Crippen LogP contribution in [0.4, 0.5) is 0 Å². The van der Waals surface area contributed by atoms with Gasteiger partial charge in [0.15, 0.2) is 6.61 Å². The highest BCUT2D eigenvalue weighted by atomic mass is 16.5. The van der Waals surface area contributed by atoms with Crippen LogP contribution in [-0.2, 0) is 11.2 Å². The molecule has 0 aliphatic heterocycles. The Hall–Kier alpha value is -2.96. The molecule has 23 heavy (non-hydrogen) atoms. The van der Waals surface area contributed by atoms with Gasteiger partial charge in [-0.1, -0.05) is 6.07 Å². The van der Waals surface area contributed by atoms with E-state index in [0.717, 1.165) is 5.69 Å². The van der Waals surface area contributed by atoms with E-state index in [2.05, 4.69) is 9.97 Å². The number of carboxylic acids is 1. The Balaban J connectivity index is 1.96. The number of rotatable bonds is 7. The Bertz CT molecular complexity index is 676. The van der Waals surface area contributed by atoms with Crippen molar-refractivity contribution < 1.29 is 19.4 Å². The summed E-state index contributed by atoms with van der Waals surface area (Å²) in [4.78, 5) is 32.6. The minimum absolute atomic E-state index is 0.172. The zero-order valence-electron chi connectivity index (χ0n) is 12.7. The molecule has 1 N–H and O–H groups in total. The van der Waals surface area contributed by atoms with Gasteiger partial charge in [0.2, 0.25) is 0 Å². The number of amides is 1. The molecule has 0 saturated heterocycles. The van der Waals surface area contributed by atoms with Crippen molar-refractivity contribution in [3.63, 3.8) is 0 Å². The quantitative estimate of drug-likeness (QED) is 0.827. The molecule has 2 rings (SSSR count). The van der Waals surface area contributed by atoms with Crippen molar-refractivity contribution in [3.8, 4) is 5.75 Å². The summed E-state index contributed by atoms with van der Waals surface area (Å²) in [5, 5.41) is 8.61. The number of carbonyl (C=O) groups excluding carboxylic acids is 1. The van der Waals surface area contributed by atoms with Gasteiger partial charge in [-0.05, 0) is 18.2 Å². The Morgan fingerprint density at radius 3 is 2.83 bits per heavy atom. The van der Waals surface area contributed by atoms with E-state index in [-0.39, 0.29) is 5.91 Å². The molecule has 0 spiro atoms. The molecule has 0 saturated carbocycles. The van der Waals surface area contributed by atoms with Crippen LogP contribution >= 0.6 is 0 Å². The molecule has 0 aliphatic carbocycles. The molecule has 0 atom stereocenters. The van der Waals surface area contributed by atoms with Crippen molar-refractivity contribution >= 4 is 11.9 Å². The van der Waals surface area contributed by atoms with Crippen LogP contribution < -0.4 is 4.74 Å². The van der Waals surface area contributed by atoms with Gasteiger partial charge in [-0.2, -0.15) is 0 Å². The van der Waals surface area contributed by atoms with Crippen molar-refractivity contribution in [1.29, 1.82) is 0 Å². The fourth-order valence-electron chi connectivity index (χ4n) is 1.93. The summed E-state index contributed by atoms with van der Waals surface area (Å²) in [6.45, 7) is 0.0535. The van der Waals surface area contributed by atoms with Crippen molar-refractivity contribution in [2.75, 3.05) is 20.2 Å². The molecule has 7 heteroatoms. The standard InChI is InChI=1S/C16H17N3O4/c1-19(8-5-13-10-17-6-7-18-13)16(22)12-3-2-4-14(9-12)23-11-15(20)21/h2-4,6-7,9-10H,5,8,11H2,1H3,(H,20,21). The highest BCUT2D eigenvalue weighted by Crippen LogP contribution is 2.15. The first kappa shape index (κ1) is 16.4. The first-order valence-corrected chi connectivity index (χ1v) is 7.01. The molecule has 1 aromatic carbocycles. The van der Waals surface area contributed by atoms with E-state index in [1.165, 1.54) is 6.07 Å². The zero-order chi connectivity index (χ0) is 16.7. The average Bonchev–Trinajstić information content (AvgIpc) is 2.58. The summed E-state index contributed by atoms with van der Waals surface area (Å²) in [5.74, 6) is -0.891. The molecule has 0 bridgehead atoms. The number of benzene rings is 1. The third-order valence-corrected chi connectivity index (χ3v) is 3.11. The lowest BCUT2D eigenvalue weighted by Crippen LogP contribution is -2.29. The summed E-state index contributed by atoms with van der Waals surface area (Å²) in [6, 6.07) is 6.46. The normalized spacial score (nSPS) is 10.1. The van der Waals surface area contributed by atoms with Crippen LogP contribution in [0.3, 0.4) is 0 Å². The van der Waals surface area contributed by atoms with Gasteiger partial charge >= 0.3 is 5.97 Å². The number of nitrogens with zero attached hydrogens (tertiary/aromatic N) is 3. The van der Waals surface area contributed by atoms with Crippen LogP contribution in [0.1, 0.15) is 16.1 Å². The average molecular weight is 315 g/mol. The summed E-state index contributed by atoms with van der Waals surface area (Å²) >= 11 is 0. The molecule has 0 fully saturated rings. The molecule has 1 amide bonds. The van der Waals surface area contributed by atoms with Crippen LogP contribution in [0, 0.1) is 0 Å². The van der Waals surface area contributed by atoms with E-state index in [0.29, 0.717) is 24.3 Å². The van der Waals surface area contributed by atoms with E-state index in [4.69, 9.17) is 9.84 Å². The molecule has 2 aromatic rings. The predicted octanol–water partition coefficient (Wildman–Crippen LogP) is 1.25. The minimum atomic E-state index is -1.07. The van der Waals surface area contributed by atoms with E-state index in [1.54, 1.807) is 48.7 Å². The second-order valence-corrected chi connectivity index (χ2v) is 4.88. The highest BCUT2D eigenvalue weighted by Gasteiger charge is 2.13. The topological polar surface area (TPSA) is 92.6 Å². The van der Waals surface area contributed by atoms with Gasteiger partial charge in [-0.3, -0.25) is 14.8 Å². The van der Waals surface area contributed by atoms with Crippen molar-refractivity contribution in [2.24, 2.45) is 0 Å². The third-order valence-electron chi connectivity index (χ3n) is 3.11. The lowest BCUT2D eigenvalue weighted by Gasteiger charge is -2.17. The maximum absolute atomic E-state index is 12.4. The van der Waals surface area contributed by atoms with Crippen molar-refractivity contribution in [3.05, 3.63) is 54.1 Å². The molecule has 1 aromatic heterocycles. The van der Waals surface area contributed by atoms with Gasteiger partial charge < -0.3 is 14.7 Å². The summed E-state index contributed by atoms with van der Waals surface area (Å²) in [6.07, 6.45) is 5.48. The van der Waals surface area contributed by atoms with Crippen molar-refractivity contribution in [1.82, 2.24) is 14.9 Å². The second kappa shape index (κ2) is 7.88. The Kier molecular flexibility index (Phi) is 5.62. The second-order valence-electron chi connectivity index (χ2n) is 4.88. The van der Waals surface area contributed by atoms with Crippen LogP contribution in [0.5, 0.6) is 5.75 Å². The summed E-state index contributed by atoms with van der Waals surface area (Å²) in [5.41, 5.74) is 1.25. The van der Waals surface area contributed by atoms with E-state index in [9.17, 15) is 9.59 Å². The maximum Gasteiger partial charge on any atom is 0.341 e. The van der Waals surface area contributed by atoms with E-state index < -0.39 is 12.6 Å². The number of hydrogen-bond donors (Lipinski definition) is 1.